The van der Waals surface area contributed by atoms with E-state index in [0.717, 1.165) is 29.2 Å². The van der Waals surface area contributed by atoms with Gasteiger partial charge in [0.15, 0.2) is 0 Å². The second-order valence-electron chi connectivity index (χ2n) is 6.23. The third-order valence-electron chi connectivity index (χ3n) is 3.19. The number of rotatable bonds is 7. The summed E-state index contributed by atoms with van der Waals surface area (Å²) in [6, 6.07) is 7.11. The van der Waals surface area contributed by atoms with Gasteiger partial charge in [0.05, 0.1) is 5.52 Å². The van der Waals surface area contributed by atoms with Gasteiger partial charge in [0.25, 0.3) is 0 Å². The summed E-state index contributed by atoms with van der Waals surface area (Å²) in [6.07, 6.45) is 0.648. The van der Waals surface area contributed by atoms with Gasteiger partial charge in [0, 0.05) is 21.3 Å². The Morgan fingerprint density at radius 1 is 1.30 bits per heavy atom. The number of hydrogen-bond acceptors (Lipinski definition) is 4. The minimum Gasteiger partial charge on any atom is -0.396 e. The maximum atomic E-state index is 8.95. The van der Waals surface area contributed by atoms with Crippen molar-refractivity contribution in [1.29, 1.82) is 0 Å². The predicted octanol–water partition coefficient (Wildman–Crippen LogP) is 2.28. The lowest BCUT2D eigenvalue weighted by Gasteiger charge is -2.15. The highest BCUT2D eigenvalue weighted by Gasteiger charge is 2.12. The highest BCUT2D eigenvalue weighted by Crippen LogP contribution is 2.14. The van der Waals surface area contributed by atoms with Gasteiger partial charge in [-0.25, -0.2) is 4.68 Å². The molecule has 0 saturated heterocycles. The van der Waals surface area contributed by atoms with E-state index in [1.807, 2.05) is 18.2 Å². The molecule has 1 N–H and O–H groups in total. The van der Waals surface area contributed by atoms with E-state index < -0.39 is 8.07 Å². The molecule has 0 aliphatic carbocycles. The van der Waals surface area contributed by atoms with E-state index in [0.29, 0.717) is 13.2 Å². The summed E-state index contributed by atoms with van der Waals surface area (Å²) in [6.45, 7) is 8.39. The molecule has 0 fully saturated rings. The molecule has 110 valence electrons. The van der Waals surface area contributed by atoms with E-state index in [2.05, 4.69) is 30.0 Å². The number of aromatic nitrogens is 3. The van der Waals surface area contributed by atoms with Crippen LogP contribution in [0.4, 0.5) is 0 Å². The van der Waals surface area contributed by atoms with Crippen molar-refractivity contribution in [3.63, 3.8) is 0 Å². The summed E-state index contributed by atoms with van der Waals surface area (Å²) in [4.78, 5) is 0. The second kappa shape index (κ2) is 6.47. The highest BCUT2D eigenvalue weighted by molar-refractivity contribution is 6.76. The van der Waals surface area contributed by atoms with Gasteiger partial charge in [0.1, 0.15) is 12.2 Å². The van der Waals surface area contributed by atoms with Gasteiger partial charge in [0.2, 0.25) is 0 Å². The first kappa shape index (κ1) is 15.2. The van der Waals surface area contributed by atoms with E-state index in [4.69, 9.17) is 9.84 Å². The molecule has 1 aromatic heterocycles. The lowest BCUT2D eigenvalue weighted by molar-refractivity contribution is 0.0803. The van der Waals surface area contributed by atoms with Crippen LogP contribution in [0.25, 0.3) is 11.0 Å². The van der Waals surface area contributed by atoms with Gasteiger partial charge in [-0.05, 0) is 30.2 Å². The number of hydrogen-bond donors (Lipinski definition) is 1. The molecule has 0 aliphatic heterocycles. The van der Waals surface area contributed by atoms with Crippen molar-refractivity contribution in [2.24, 2.45) is 0 Å². The Kier molecular flexibility index (Phi) is 4.90. The summed E-state index contributed by atoms with van der Waals surface area (Å²) in [7, 11) is -1.04. The molecule has 20 heavy (non-hydrogen) atoms. The zero-order valence-electron chi connectivity index (χ0n) is 12.5. The van der Waals surface area contributed by atoms with E-state index >= 15 is 0 Å². The molecule has 5 nitrogen and oxygen atoms in total. The van der Waals surface area contributed by atoms with E-state index in [1.54, 1.807) is 4.68 Å². The smallest absolute Gasteiger partial charge is 0.141 e. The van der Waals surface area contributed by atoms with Crippen molar-refractivity contribution in [3.05, 3.63) is 23.8 Å². The quantitative estimate of drug-likeness (QED) is 0.628. The van der Waals surface area contributed by atoms with Crippen LogP contribution in [0.2, 0.25) is 25.7 Å². The molecule has 6 heteroatoms. The molecule has 1 aromatic carbocycles. The van der Waals surface area contributed by atoms with Gasteiger partial charge in [-0.2, -0.15) is 0 Å². The lowest BCUT2D eigenvalue weighted by Crippen LogP contribution is -2.22. The SMILES string of the molecule is C[Si](C)(C)CCOCn1nnc2cc(CCO)ccc21. The largest absolute Gasteiger partial charge is 0.396 e. The van der Waals surface area contributed by atoms with E-state index in [9.17, 15) is 0 Å². The number of benzene rings is 1. The van der Waals surface area contributed by atoms with Crippen molar-refractivity contribution in [3.8, 4) is 0 Å². The first-order valence-corrected chi connectivity index (χ1v) is 10.7. The second-order valence-corrected chi connectivity index (χ2v) is 11.9. The minimum atomic E-state index is -1.04. The van der Waals surface area contributed by atoms with Gasteiger partial charge in [-0.3, -0.25) is 0 Å². The Bertz CT molecular complexity index is 563. The average molecular weight is 293 g/mol. The third-order valence-corrected chi connectivity index (χ3v) is 4.89. The predicted molar refractivity (Wildman–Crippen MR) is 82.4 cm³/mol. The molecule has 1 heterocycles. The summed E-state index contributed by atoms with van der Waals surface area (Å²) in [5.41, 5.74) is 2.90. The Morgan fingerprint density at radius 3 is 2.80 bits per heavy atom. The fourth-order valence-electron chi connectivity index (χ4n) is 1.93. The van der Waals surface area contributed by atoms with Crippen molar-refractivity contribution in [2.75, 3.05) is 13.2 Å². The van der Waals surface area contributed by atoms with Crippen molar-refractivity contribution < 1.29 is 9.84 Å². The highest BCUT2D eigenvalue weighted by atomic mass is 28.3. The van der Waals surface area contributed by atoms with E-state index in [-0.39, 0.29) is 6.61 Å². The summed E-state index contributed by atoms with van der Waals surface area (Å²) in [5.74, 6) is 0. The van der Waals surface area contributed by atoms with Crippen LogP contribution in [-0.2, 0) is 17.9 Å². The maximum Gasteiger partial charge on any atom is 0.141 e. The standard InChI is InChI=1S/C14H23N3O2Si/c1-20(2,3)9-8-19-11-17-14-5-4-12(6-7-18)10-13(14)15-16-17/h4-5,10,18H,6-9,11H2,1-3H3. The molecule has 2 aromatic rings. The maximum absolute atomic E-state index is 8.95. The average Bonchev–Trinajstić information content (AvgIpc) is 2.76. The van der Waals surface area contributed by atoms with Crippen LogP contribution in [0.5, 0.6) is 0 Å². The third kappa shape index (κ3) is 4.13. The van der Waals surface area contributed by atoms with Gasteiger partial charge in [-0.15, -0.1) is 5.10 Å². The summed E-state index contributed by atoms with van der Waals surface area (Å²) >= 11 is 0. The topological polar surface area (TPSA) is 60.2 Å². The number of nitrogens with zero attached hydrogens (tertiary/aromatic N) is 3. The molecule has 0 amide bonds. The molecule has 0 spiro atoms. The zero-order valence-corrected chi connectivity index (χ0v) is 13.5. The molecule has 0 aliphatic rings. The lowest BCUT2D eigenvalue weighted by atomic mass is 10.1. The van der Waals surface area contributed by atoms with Crippen LogP contribution in [0, 0.1) is 0 Å². The fraction of sp³-hybridized carbons (Fsp3) is 0.571. The van der Waals surface area contributed by atoms with Crippen LogP contribution >= 0.6 is 0 Å². The molecule has 0 bridgehead atoms. The Hall–Kier alpha value is -1.24. The number of aliphatic hydroxyl groups excluding tert-OH is 1. The van der Waals surface area contributed by atoms with Crippen molar-refractivity contribution in [2.45, 2.75) is 38.8 Å². The molecule has 0 unspecified atom stereocenters. The number of fused-ring (bicyclic) bond motifs is 1. The first-order valence-electron chi connectivity index (χ1n) is 7.00. The fourth-order valence-corrected chi connectivity index (χ4v) is 2.68. The van der Waals surface area contributed by atoms with Gasteiger partial charge >= 0.3 is 0 Å². The normalized spacial score (nSPS) is 12.2. The molecule has 0 atom stereocenters. The Morgan fingerprint density at radius 2 is 2.10 bits per heavy atom. The van der Waals surface area contributed by atoms with Crippen LogP contribution in [0.15, 0.2) is 18.2 Å². The van der Waals surface area contributed by atoms with Crippen LogP contribution in [0.3, 0.4) is 0 Å². The van der Waals surface area contributed by atoms with Crippen molar-refractivity contribution in [1.82, 2.24) is 15.0 Å². The monoisotopic (exact) mass is 293 g/mol. The van der Waals surface area contributed by atoms with Gasteiger partial charge in [-0.1, -0.05) is 30.9 Å². The molecular weight excluding hydrogens is 270 g/mol. The molecule has 0 radical (unpaired) electrons. The van der Waals surface area contributed by atoms with Crippen LogP contribution in [-0.4, -0.2) is 41.4 Å². The molecule has 0 saturated carbocycles. The van der Waals surface area contributed by atoms with Gasteiger partial charge < -0.3 is 9.84 Å². The van der Waals surface area contributed by atoms with Crippen LogP contribution in [0.1, 0.15) is 5.56 Å². The molecular formula is C14H23N3O2Si. The number of aliphatic hydroxyl groups is 1. The first-order chi connectivity index (χ1) is 9.49. The Balaban J connectivity index is 1.97. The van der Waals surface area contributed by atoms with Crippen molar-refractivity contribution >= 4 is 19.1 Å². The zero-order chi connectivity index (χ0) is 14.6. The minimum absolute atomic E-state index is 0.152. The molecule has 2 rings (SSSR count). The summed E-state index contributed by atoms with van der Waals surface area (Å²) < 4.78 is 7.48. The van der Waals surface area contributed by atoms with Crippen LogP contribution < -0.4 is 0 Å². The summed E-state index contributed by atoms with van der Waals surface area (Å²) in [5, 5.41) is 17.2. The Labute approximate surface area is 120 Å². The number of ether oxygens (including phenoxy) is 1. The van der Waals surface area contributed by atoms with E-state index in [1.165, 1.54) is 0 Å².